The highest BCUT2D eigenvalue weighted by atomic mass is 32.2. The average Bonchev–Trinajstić information content (AvgIpc) is 3.40. The van der Waals surface area contributed by atoms with Gasteiger partial charge in [-0.05, 0) is 55.3 Å². The van der Waals surface area contributed by atoms with Gasteiger partial charge in [-0.3, -0.25) is 14.3 Å². The van der Waals surface area contributed by atoms with Gasteiger partial charge in [-0.25, -0.2) is 0 Å². The number of pyridine rings is 1. The first-order valence-electron chi connectivity index (χ1n) is 9.46. The second-order valence-electron chi connectivity index (χ2n) is 6.87. The van der Waals surface area contributed by atoms with Gasteiger partial charge in [0, 0.05) is 23.6 Å². The first kappa shape index (κ1) is 19.9. The molecule has 0 aliphatic rings. The van der Waals surface area contributed by atoms with Gasteiger partial charge in [-0.2, -0.15) is 0 Å². The molecule has 1 N–H and O–H groups in total. The molecule has 0 atom stereocenters. The van der Waals surface area contributed by atoms with E-state index >= 15 is 0 Å². The second-order valence-corrected chi connectivity index (χ2v) is 7.81. The number of carbonyl (C=O) groups is 1. The summed E-state index contributed by atoms with van der Waals surface area (Å²) in [5.41, 5.74) is 3.80. The van der Waals surface area contributed by atoms with Gasteiger partial charge in [-0.15, -0.1) is 10.2 Å². The van der Waals surface area contributed by atoms with Crippen LogP contribution < -0.4 is 5.32 Å². The molecule has 1 aromatic carbocycles. The summed E-state index contributed by atoms with van der Waals surface area (Å²) in [5.74, 6) is 1.58. The number of hydrogen-bond donors (Lipinski definition) is 1. The molecular formula is C22H21N5O2S. The molecule has 152 valence electrons. The number of nitrogens with one attached hydrogen (secondary N) is 1. The standard InChI is InChI=1S/C22H21N5O2S/c1-15-7-8-16(2)19(11-15)24-20(28)14-30-22-26-25-21(17-5-3-9-23-12-17)27(22)13-18-6-4-10-29-18/h3-12H,13-14H2,1-2H3,(H,24,28). The van der Waals surface area contributed by atoms with Crippen molar-refractivity contribution in [3.8, 4) is 11.4 Å². The zero-order chi connectivity index (χ0) is 20.9. The van der Waals surface area contributed by atoms with Crippen molar-refractivity contribution in [2.24, 2.45) is 0 Å². The van der Waals surface area contributed by atoms with Gasteiger partial charge in [0.15, 0.2) is 11.0 Å². The van der Waals surface area contributed by atoms with Gasteiger partial charge < -0.3 is 9.73 Å². The zero-order valence-electron chi connectivity index (χ0n) is 16.7. The molecule has 30 heavy (non-hydrogen) atoms. The van der Waals surface area contributed by atoms with Gasteiger partial charge >= 0.3 is 0 Å². The van der Waals surface area contributed by atoms with Crippen LogP contribution >= 0.6 is 11.8 Å². The van der Waals surface area contributed by atoms with Crippen molar-refractivity contribution < 1.29 is 9.21 Å². The van der Waals surface area contributed by atoms with Crippen LogP contribution in [0.5, 0.6) is 0 Å². The van der Waals surface area contributed by atoms with E-state index in [1.165, 1.54) is 11.8 Å². The Morgan fingerprint density at radius 2 is 2.07 bits per heavy atom. The van der Waals surface area contributed by atoms with Crippen molar-refractivity contribution in [3.05, 3.63) is 78.0 Å². The smallest absolute Gasteiger partial charge is 0.234 e. The zero-order valence-corrected chi connectivity index (χ0v) is 17.5. The fraction of sp³-hybridized carbons (Fsp3) is 0.182. The highest BCUT2D eigenvalue weighted by molar-refractivity contribution is 7.99. The van der Waals surface area contributed by atoms with Crippen molar-refractivity contribution in [2.75, 3.05) is 11.1 Å². The molecule has 0 aliphatic heterocycles. The molecule has 0 saturated heterocycles. The summed E-state index contributed by atoms with van der Waals surface area (Å²) in [6.45, 7) is 4.44. The molecule has 4 aromatic rings. The van der Waals surface area contributed by atoms with Gasteiger partial charge in [-0.1, -0.05) is 23.9 Å². The Balaban J connectivity index is 1.52. The molecule has 0 aliphatic carbocycles. The number of furan rings is 1. The summed E-state index contributed by atoms with van der Waals surface area (Å²) < 4.78 is 7.44. The number of rotatable bonds is 7. The molecule has 7 nitrogen and oxygen atoms in total. The van der Waals surface area contributed by atoms with Crippen molar-refractivity contribution in [1.82, 2.24) is 19.7 Å². The summed E-state index contributed by atoms with van der Waals surface area (Å²) in [5, 5.41) is 12.3. The predicted octanol–water partition coefficient (Wildman–Crippen LogP) is 4.33. The summed E-state index contributed by atoms with van der Waals surface area (Å²) >= 11 is 1.34. The van der Waals surface area contributed by atoms with Gasteiger partial charge in [0.2, 0.25) is 5.91 Å². The van der Waals surface area contributed by atoms with E-state index in [4.69, 9.17) is 4.42 Å². The molecule has 0 bridgehead atoms. The monoisotopic (exact) mass is 419 g/mol. The number of thioether (sulfide) groups is 1. The number of anilines is 1. The van der Waals surface area contributed by atoms with Crippen molar-refractivity contribution in [1.29, 1.82) is 0 Å². The van der Waals surface area contributed by atoms with Crippen LogP contribution in [0.15, 0.2) is 70.7 Å². The lowest BCUT2D eigenvalue weighted by atomic mass is 10.1. The largest absolute Gasteiger partial charge is 0.467 e. The number of carbonyl (C=O) groups excluding carboxylic acids is 1. The van der Waals surface area contributed by atoms with E-state index in [-0.39, 0.29) is 11.7 Å². The quantitative estimate of drug-likeness (QED) is 0.449. The van der Waals surface area contributed by atoms with E-state index in [0.717, 1.165) is 28.1 Å². The van der Waals surface area contributed by atoms with E-state index < -0.39 is 0 Å². The molecule has 3 aromatic heterocycles. The second kappa shape index (κ2) is 8.96. The van der Waals surface area contributed by atoms with Crippen molar-refractivity contribution >= 4 is 23.4 Å². The summed E-state index contributed by atoms with van der Waals surface area (Å²) in [6.07, 6.45) is 5.09. The Kier molecular flexibility index (Phi) is 5.94. The Morgan fingerprint density at radius 1 is 1.17 bits per heavy atom. The first-order chi connectivity index (χ1) is 14.6. The fourth-order valence-corrected chi connectivity index (χ4v) is 3.73. The SMILES string of the molecule is Cc1ccc(C)c(NC(=O)CSc2nnc(-c3cccnc3)n2Cc2ccco2)c1. The predicted molar refractivity (Wildman–Crippen MR) is 116 cm³/mol. The van der Waals surface area contributed by atoms with Crippen LogP contribution in [0.2, 0.25) is 0 Å². The minimum atomic E-state index is -0.0934. The summed E-state index contributed by atoms with van der Waals surface area (Å²) in [7, 11) is 0. The number of hydrogen-bond acceptors (Lipinski definition) is 6. The third-order valence-electron chi connectivity index (χ3n) is 4.53. The topological polar surface area (TPSA) is 85.8 Å². The van der Waals surface area contributed by atoms with E-state index in [1.807, 2.05) is 60.9 Å². The van der Waals surface area contributed by atoms with Crippen LogP contribution in [-0.4, -0.2) is 31.4 Å². The fourth-order valence-electron chi connectivity index (χ4n) is 2.99. The Labute approximate surface area is 178 Å². The Hall–Kier alpha value is -3.39. The Bertz CT molecular complexity index is 1140. The maximum Gasteiger partial charge on any atom is 0.234 e. The van der Waals surface area contributed by atoms with E-state index in [2.05, 4.69) is 20.5 Å². The van der Waals surface area contributed by atoms with E-state index in [9.17, 15) is 4.79 Å². The van der Waals surface area contributed by atoms with Crippen LogP contribution in [-0.2, 0) is 11.3 Å². The molecule has 0 spiro atoms. The lowest BCUT2D eigenvalue weighted by Crippen LogP contribution is -2.15. The lowest BCUT2D eigenvalue weighted by molar-refractivity contribution is -0.113. The van der Waals surface area contributed by atoms with Crippen LogP contribution in [0.4, 0.5) is 5.69 Å². The normalized spacial score (nSPS) is 10.9. The van der Waals surface area contributed by atoms with Crippen LogP contribution in [0.3, 0.4) is 0 Å². The maximum absolute atomic E-state index is 12.5. The van der Waals surface area contributed by atoms with Crippen LogP contribution in [0.25, 0.3) is 11.4 Å². The number of aryl methyl sites for hydroxylation is 2. The third-order valence-corrected chi connectivity index (χ3v) is 5.50. The molecule has 1 amide bonds. The molecule has 3 heterocycles. The third kappa shape index (κ3) is 4.60. The number of benzene rings is 1. The number of aromatic nitrogens is 4. The van der Waals surface area contributed by atoms with Gasteiger partial charge in [0.05, 0.1) is 18.6 Å². The lowest BCUT2D eigenvalue weighted by Gasteiger charge is -2.10. The van der Waals surface area contributed by atoms with Crippen molar-refractivity contribution in [2.45, 2.75) is 25.5 Å². The summed E-state index contributed by atoms with van der Waals surface area (Å²) in [6, 6.07) is 13.5. The molecule has 0 unspecified atom stereocenters. The molecule has 0 radical (unpaired) electrons. The summed E-state index contributed by atoms with van der Waals surface area (Å²) in [4.78, 5) is 16.7. The van der Waals surface area contributed by atoms with Crippen LogP contribution in [0, 0.1) is 13.8 Å². The van der Waals surface area contributed by atoms with Gasteiger partial charge in [0.1, 0.15) is 5.76 Å². The molecular weight excluding hydrogens is 398 g/mol. The molecule has 8 heteroatoms. The van der Waals surface area contributed by atoms with Gasteiger partial charge in [0.25, 0.3) is 0 Å². The average molecular weight is 420 g/mol. The van der Waals surface area contributed by atoms with E-state index in [0.29, 0.717) is 17.5 Å². The highest BCUT2D eigenvalue weighted by Crippen LogP contribution is 2.25. The Morgan fingerprint density at radius 3 is 2.83 bits per heavy atom. The minimum Gasteiger partial charge on any atom is -0.467 e. The van der Waals surface area contributed by atoms with E-state index in [1.54, 1.807) is 18.7 Å². The number of nitrogens with zero attached hydrogens (tertiary/aromatic N) is 4. The minimum absolute atomic E-state index is 0.0934. The first-order valence-corrected chi connectivity index (χ1v) is 10.4. The molecule has 0 saturated carbocycles. The van der Waals surface area contributed by atoms with Crippen LogP contribution in [0.1, 0.15) is 16.9 Å². The molecule has 4 rings (SSSR count). The van der Waals surface area contributed by atoms with Crippen molar-refractivity contribution in [3.63, 3.8) is 0 Å². The highest BCUT2D eigenvalue weighted by Gasteiger charge is 2.17. The molecule has 0 fully saturated rings. The number of amides is 1. The maximum atomic E-state index is 12.5.